The van der Waals surface area contributed by atoms with Crippen LogP contribution in [0, 0.1) is 5.92 Å². The van der Waals surface area contributed by atoms with E-state index < -0.39 is 23.8 Å². The highest BCUT2D eigenvalue weighted by atomic mass is 16.2. The van der Waals surface area contributed by atoms with Crippen LogP contribution in [0.5, 0.6) is 0 Å². The highest BCUT2D eigenvalue weighted by molar-refractivity contribution is 5.97. The molecule has 0 aromatic carbocycles. The molecule has 1 rings (SSSR count). The number of hydrogen-bond acceptors (Lipinski definition) is 3. The molecular weight excluding hydrogens is 162 g/mol. The van der Waals surface area contributed by atoms with Gasteiger partial charge in [0, 0.05) is 13.0 Å². The minimum absolute atomic E-state index is 0.0337. The molecule has 0 aromatic heterocycles. The van der Waals surface area contributed by atoms with Gasteiger partial charge in [0.2, 0.25) is 11.8 Å². The largest absolute Gasteiger partial charge is 0.369 e. The van der Waals surface area contributed by atoms with E-state index in [1.807, 2.05) is 5.32 Å². The Balaban J connectivity index is 2.64. The Hall–Kier alpha value is -1.59. The normalized spacial score (nSPS) is 23.8. The Morgan fingerprint density at radius 3 is 2.75 bits per heavy atom. The van der Waals surface area contributed by atoms with Crippen molar-refractivity contribution in [2.24, 2.45) is 11.7 Å². The molecule has 6 heteroatoms. The van der Waals surface area contributed by atoms with E-state index >= 15 is 0 Å². The van der Waals surface area contributed by atoms with Crippen molar-refractivity contribution in [2.75, 3.05) is 6.54 Å². The number of carbonyl (C=O) groups is 3. The summed E-state index contributed by atoms with van der Waals surface area (Å²) in [6.45, 7) is 0.118. The highest BCUT2D eigenvalue weighted by Gasteiger charge is 2.24. The molecule has 1 unspecified atom stereocenters. The number of nitrogens with two attached hydrogens (primary N) is 1. The molecular formula is C6H9N3O3. The van der Waals surface area contributed by atoms with Gasteiger partial charge in [0.15, 0.2) is 0 Å². The van der Waals surface area contributed by atoms with E-state index in [2.05, 4.69) is 5.32 Å². The number of imide groups is 1. The first-order valence-electron chi connectivity index (χ1n) is 3.46. The number of primary amides is 1. The quantitative estimate of drug-likeness (QED) is 0.439. The number of rotatable bonds is 1. The molecule has 4 amide bonds. The van der Waals surface area contributed by atoms with Gasteiger partial charge >= 0.3 is 6.03 Å². The lowest BCUT2D eigenvalue weighted by molar-refractivity contribution is -0.127. The minimum Gasteiger partial charge on any atom is -0.369 e. The fraction of sp³-hybridized carbons (Fsp3) is 0.500. The third kappa shape index (κ3) is 1.94. The van der Waals surface area contributed by atoms with Crippen molar-refractivity contribution in [2.45, 2.75) is 6.42 Å². The molecule has 1 aliphatic rings. The first kappa shape index (κ1) is 8.51. The summed E-state index contributed by atoms with van der Waals surface area (Å²) in [5.74, 6) is -1.66. The molecule has 1 atom stereocenters. The Bertz CT molecular complexity index is 238. The molecule has 12 heavy (non-hydrogen) atoms. The maximum atomic E-state index is 10.8. The summed E-state index contributed by atoms with van der Waals surface area (Å²) in [5.41, 5.74) is 4.97. The van der Waals surface area contributed by atoms with Crippen LogP contribution >= 0.6 is 0 Å². The van der Waals surface area contributed by atoms with Crippen LogP contribution in [0.4, 0.5) is 4.79 Å². The van der Waals surface area contributed by atoms with Crippen LogP contribution in [0.3, 0.4) is 0 Å². The number of carbonyl (C=O) groups excluding carboxylic acids is 3. The van der Waals surface area contributed by atoms with Gasteiger partial charge in [0.05, 0.1) is 5.92 Å². The summed E-state index contributed by atoms with van der Waals surface area (Å²) in [7, 11) is 0. The average Bonchev–Trinajstić information content (AvgIpc) is 2.11. The third-order valence-electron chi connectivity index (χ3n) is 1.60. The molecule has 0 radical (unpaired) electrons. The Morgan fingerprint density at radius 1 is 1.50 bits per heavy atom. The third-order valence-corrected chi connectivity index (χ3v) is 1.60. The fourth-order valence-corrected chi connectivity index (χ4v) is 0.935. The van der Waals surface area contributed by atoms with Gasteiger partial charge < -0.3 is 11.1 Å². The molecule has 1 fully saturated rings. The van der Waals surface area contributed by atoms with E-state index in [1.165, 1.54) is 0 Å². The summed E-state index contributed by atoms with van der Waals surface area (Å²) in [4.78, 5) is 32.1. The maximum Gasteiger partial charge on any atom is 0.321 e. The summed E-state index contributed by atoms with van der Waals surface area (Å²) >= 11 is 0. The van der Waals surface area contributed by atoms with Crippen molar-refractivity contribution in [1.29, 1.82) is 0 Å². The second-order valence-corrected chi connectivity index (χ2v) is 2.56. The van der Waals surface area contributed by atoms with Crippen LogP contribution in [0.2, 0.25) is 0 Å². The lowest BCUT2D eigenvalue weighted by Crippen LogP contribution is -2.36. The predicted molar refractivity (Wildman–Crippen MR) is 38.8 cm³/mol. The van der Waals surface area contributed by atoms with Gasteiger partial charge in [-0.2, -0.15) is 0 Å². The Labute approximate surface area is 68.5 Å². The number of amides is 4. The van der Waals surface area contributed by atoms with Gasteiger partial charge in [-0.15, -0.1) is 0 Å². The molecule has 6 nitrogen and oxygen atoms in total. The van der Waals surface area contributed by atoms with Crippen molar-refractivity contribution in [1.82, 2.24) is 10.6 Å². The first-order valence-corrected chi connectivity index (χ1v) is 3.46. The van der Waals surface area contributed by atoms with Gasteiger partial charge in [-0.3, -0.25) is 14.9 Å². The van der Waals surface area contributed by atoms with E-state index in [4.69, 9.17) is 5.73 Å². The predicted octanol–water partition coefficient (Wildman–Crippen LogP) is -1.68. The van der Waals surface area contributed by atoms with Crippen molar-refractivity contribution in [3.05, 3.63) is 0 Å². The van der Waals surface area contributed by atoms with Gasteiger partial charge in [-0.05, 0) is 0 Å². The van der Waals surface area contributed by atoms with Crippen molar-refractivity contribution in [3.63, 3.8) is 0 Å². The van der Waals surface area contributed by atoms with Crippen molar-refractivity contribution >= 4 is 17.8 Å². The second-order valence-electron chi connectivity index (χ2n) is 2.56. The van der Waals surface area contributed by atoms with Crippen LogP contribution < -0.4 is 16.4 Å². The summed E-state index contributed by atoms with van der Waals surface area (Å²) in [5, 5.41) is 4.36. The lowest BCUT2D eigenvalue weighted by Gasteiger charge is -2.05. The summed E-state index contributed by atoms with van der Waals surface area (Å²) in [6.07, 6.45) is -0.0337. The minimum atomic E-state index is -0.601. The van der Waals surface area contributed by atoms with Crippen molar-refractivity contribution < 1.29 is 14.4 Å². The van der Waals surface area contributed by atoms with Gasteiger partial charge in [-0.25, -0.2) is 4.79 Å². The monoisotopic (exact) mass is 171 g/mol. The molecule has 66 valence electrons. The number of nitrogens with one attached hydrogen (secondary N) is 2. The van der Waals surface area contributed by atoms with Crippen LogP contribution in [0.1, 0.15) is 6.42 Å². The summed E-state index contributed by atoms with van der Waals surface area (Å²) in [6, 6.07) is -0.580. The fourth-order valence-electron chi connectivity index (χ4n) is 0.935. The van der Waals surface area contributed by atoms with E-state index in [-0.39, 0.29) is 13.0 Å². The van der Waals surface area contributed by atoms with Gasteiger partial charge in [0.1, 0.15) is 0 Å². The molecule has 1 saturated heterocycles. The van der Waals surface area contributed by atoms with Crippen LogP contribution in [0.25, 0.3) is 0 Å². The molecule has 1 heterocycles. The molecule has 4 N–H and O–H groups in total. The smallest absolute Gasteiger partial charge is 0.321 e. The Morgan fingerprint density at radius 2 is 2.17 bits per heavy atom. The van der Waals surface area contributed by atoms with Gasteiger partial charge in [0.25, 0.3) is 0 Å². The average molecular weight is 171 g/mol. The first-order chi connectivity index (χ1) is 5.59. The molecule has 0 spiro atoms. The second kappa shape index (κ2) is 3.21. The molecule has 1 aliphatic heterocycles. The van der Waals surface area contributed by atoms with Gasteiger partial charge in [-0.1, -0.05) is 0 Å². The van der Waals surface area contributed by atoms with Crippen LogP contribution in [-0.2, 0) is 9.59 Å². The zero-order valence-corrected chi connectivity index (χ0v) is 6.29. The Kier molecular flexibility index (Phi) is 2.27. The molecule has 0 bridgehead atoms. The van der Waals surface area contributed by atoms with Crippen molar-refractivity contribution in [3.8, 4) is 0 Å². The van der Waals surface area contributed by atoms with Crippen LogP contribution in [-0.4, -0.2) is 24.4 Å². The molecule has 0 aromatic rings. The maximum absolute atomic E-state index is 10.8. The van der Waals surface area contributed by atoms with E-state index in [0.29, 0.717) is 0 Å². The summed E-state index contributed by atoms with van der Waals surface area (Å²) < 4.78 is 0. The lowest BCUT2D eigenvalue weighted by atomic mass is 10.1. The standard InChI is InChI=1S/C6H9N3O3/c7-5(11)3-1-4(10)9-6(12)8-2-3/h3H,1-2H2,(H2,7,11)(H2,8,9,10,12). The SMILES string of the molecule is NC(=O)C1CNC(=O)NC(=O)C1. The highest BCUT2D eigenvalue weighted by Crippen LogP contribution is 2.02. The zero-order valence-electron chi connectivity index (χ0n) is 6.29. The van der Waals surface area contributed by atoms with E-state index in [0.717, 1.165) is 0 Å². The molecule has 0 aliphatic carbocycles. The number of urea groups is 1. The van der Waals surface area contributed by atoms with E-state index in [1.54, 1.807) is 0 Å². The topological polar surface area (TPSA) is 101 Å². The van der Waals surface area contributed by atoms with Crippen LogP contribution in [0.15, 0.2) is 0 Å². The number of hydrogen-bond donors (Lipinski definition) is 3. The molecule has 0 saturated carbocycles. The zero-order chi connectivity index (χ0) is 9.14. The van der Waals surface area contributed by atoms with E-state index in [9.17, 15) is 14.4 Å².